The first-order chi connectivity index (χ1) is 11.1. The van der Waals surface area contributed by atoms with Gasteiger partial charge in [0.05, 0.1) is 11.1 Å². The summed E-state index contributed by atoms with van der Waals surface area (Å²) in [5.74, 6) is 0. The Morgan fingerprint density at radius 3 is 2.35 bits per heavy atom. The maximum absolute atomic E-state index is 11.8. The molecule has 0 saturated carbocycles. The molecule has 0 atom stereocenters. The van der Waals surface area contributed by atoms with Gasteiger partial charge in [-0.2, -0.15) is 5.10 Å². The molecule has 1 heterocycles. The summed E-state index contributed by atoms with van der Waals surface area (Å²) in [6, 6.07) is 14.9. The third-order valence-corrected chi connectivity index (χ3v) is 4.44. The summed E-state index contributed by atoms with van der Waals surface area (Å²) in [6.07, 6.45) is 0. The molecule has 0 bridgehead atoms. The van der Waals surface area contributed by atoms with Gasteiger partial charge in [-0.05, 0) is 30.0 Å². The SMILES string of the molecule is CN(C)C(=O)Sc1ccc(-c2n[nH]c(=O)c3ccccc23)cc1. The highest BCUT2D eigenvalue weighted by Gasteiger charge is 2.10. The quantitative estimate of drug-likeness (QED) is 0.734. The van der Waals surface area contributed by atoms with Crippen molar-refractivity contribution in [1.82, 2.24) is 15.1 Å². The van der Waals surface area contributed by atoms with Gasteiger partial charge in [-0.1, -0.05) is 30.3 Å². The van der Waals surface area contributed by atoms with E-state index in [2.05, 4.69) is 10.2 Å². The van der Waals surface area contributed by atoms with Crippen molar-refractivity contribution in [2.24, 2.45) is 0 Å². The molecule has 3 rings (SSSR count). The number of carbonyl (C=O) groups excluding carboxylic acids is 1. The van der Waals surface area contributed by atoms with Crippen LogP contribution in [0.25, 0.3) is 22.0 Å². The van der Waals surface area contributed by atoms with E-state index >= 15 is 0 Å². The van der Waals surface area contributed by atoms with E-state index in [-0.39, 0.29) is 10.8 Å². The van der Waals surface area contributed by atoms with Gasteiger partial charge < -0.3 is 4.90 Å². The smallest absolute Gasteiger partial charge is 0.285 e. The van der Waals surface area contributed by atoms with E-state index in [1.54, 1.807) is 20.2 Å². The predicted octanol–water partition coefficient (Wildman–Crippen LogP) is 3.36. The molecule has 116 valence electrons. The van der Waals surface area contributed by atoms with Crippen molar-refractivity contribution in [2.75, 3.05) is 14.1 Å². The Hall–Kier alpha value is -2.60. The van der Waals surface area contributed by atoms with E-state index in [1.165, 1.54) is 16.7 Å². The normalized spacial score (nSPS) is 10.7. The van der Waals surface area contributed by atoms with Crippen LogP contribution in [-0.4, -0.2) is 34.4 Å². The summed E-state index contributed by atoms with van der Waals surface area (Å²) >= 11 is 1.17. The summed E-state index contributed by atoms with van der Waals surface area (Å²) in [5.41, 5.74) is 1.41. The van der Waals surface area contributed by atoms with Crippen LogP contribution in [0, 0.1) is 0 Å². The van der Waals surface area contributed by atoms with Crippen molar-refractivity contribution in [3.05, 3.63) is 58.9 Å². The number of rotatable bonds is 2. The van der Waals surface area contributed by atoms with Gasteiger partial charge >= 0.3 is 0 Å². The van der Waals surface area contributed by atoms with E-state index in [0.29, 0.717) is 5.39 Å². The van der Waals surface area contributed by atoms with Crippen molar-refractivity contribution in [3.8, 4) is 11.3 Å². The summed E-state index contributed by atoms with van der Waals surface area (Å²) in [6.45, 7) is 0. The fourth-order valence-corrected chi connectivity index (χ4v) is 2.86. The third kappa shape index (κ3) is 3.12. The fourth-order valence-electron chi connectivity index (χ4n) is 2.21. The fraction of sp³-hybridized carbons (Fsp3) is 0.118. The van der Waals surface area contributed by atoms with Crippen LogP contribution in [0.2, 0.25) is 0 Å². The molecular weight excluding hydrogens is 310 g/mol. The van der Waals surface area contributed by atoms with Crippen molar-refractivity contribution >= 4 is 27.8 Å². The molecule has 0 radical (unpaired) electrons. The lowest BCUT2D eigenvalue weighted by Gasteiger charge is -2.09. The molecule has 3 aromatic rings. The first-order valence-electron chi connectivity index (χ1n) is 7.03. The third-order valence-electron chi connectivity index (χ3n) is 3.39. The van der Waals surface area contributed by atoms with E-state index in [9.17, 15) is 9.59 Å². The standard InChI is InChI=1S/C17H15N3O2S/c1-20(2)17(22)23-12-9-7-11(8-10-12)15-13-5-3-4-6-14(13)16(21)19-18-15/h3-10H,1-2H3,(H,19,21). The maximum atomic E-state index is 11.8. The Balaban J connectivity index is 1.99. The molecule has 2 aromatic carbocycles. The van der Waals surface area contributed by atoms with Crippen molar-refractivity contribution < 1.29 is 4.79 Å². The van der Waals surface area contributed by atoms with E-state index in [4.69, 9.17) is 0 Å². The van der Waals surface area contributed by atoms with Crippen molar-refractivity contribution in [1.29, 1.82) is 0 Å². The second-order valence-electron chi connectivity index (χ2n) is 5.23. The van der Waals surface area contributed by atoms with Crippen LogP contribution < -0.4 is 5.56 Å². The number of nitrogens with zero attached hydrogens (tertiary/aromatic N) is 2. The van der Waals surface area contributed by atoms with Crippen molar-refractivity contribution in [3.63, 3.8) is 0 Å². The Morgan fingerprint density at radius 2 is 1.70 bits per heavy atom. The largest absolute Gasteiger partial charge is 0.339 e. The highest BCUT2D eigenvalue weighted by molar-refractivity contribution is 8.13. The van der Waals surface area contributed by atoms with Gasteiger partial charge in [-0.15, -0.1) is 0 Å². The second kappa shape index (κ2) is 6.26. The number of hydrogen-bond acceptors (Lipinski definition) is 4. The minimum absolute atomic E-state index is 0.0228. The minimum Gasteiger partial charge on any atom is -0.339 e. The summed E-state index contributed by atoms with van der Waals surface area (Å²) < 4.78 is 0. The summed E-state index contributed by atoms with van der Waals surface area (Å²) in [4.78, 5) is 26.0. The van der Waals surface area contributed by atoms with E-state index in [1.807, 2.05) is 42.5 Å². The number of aromatic nitrogens is 2. The molecule has 1 N–H and O–H groups in total. The minimum atomic E-state index is -0.201. The van der Waals surface area contributed by atoms with Gasteiger partial charge in [0, 0.05) is 29.9 Å². The number of amides is 1. The number of aromatic amines is 1. The van der Waals surface area contributed by atoms with Gasteiger partial charge in [0.25, 0.3) is 10.8 Å². The van der Waals surface area contributed by atoms with E-state index in [0.717, 1.165) is 21.5 Å². The molecule has 0 saturated heterocycles. The first-order valence-corrected chi connectivity index (χ1v) is 7.85. The first kappa shape index (κ1) is 15.3. The Bertz CT molecular complexity index is 917. The molecule has 0 fully saturated rings. The number of nitrogens with one attached hydrogen (secondary N) is 1. The lowest BCUT2D eigenvalue weighted by Crippen LogP contribution is -2.15. The van der Waals surface area contributed by atoms with Crippen LogP contribution in [0.3, 0.4) is 0 Å². The lowest BCUT2D eigenvalue weighted by atomic mass is 10.1. The van der Waals surface area contributed by atoms with Gasteiger partial charge in [0.15, 0.2) is 0 Å². The van der Waals surface area contributed by atoms with Crippen LogP contribution in [0.15, 0.2) is 58.2 Å². The average Bonchev–Trinajstić information content (AvgIpc) is 2.56. The lowest BCUT2D eigenvalue weighted by molar-refractivity contribution is 0.241. The zero-order chi connectivity index (χ0) is 16.4. The van der Waals surface area contributed by atoms with Crippen LogP contribution in [0.1, 0.15) is 0 Å². The van der Waals surface area contributed by atoms with E-state index < -0.39 is 0 Å². The molecular formula is C17H15N3O2S. The highest BCUT2D eigenvalue weighted by atomic mass is 32.2. The van der Waals surface area contributed by atoms with Crippen molar-refractivity contribution in [2.45, 2.75) is 4.90 Å². The number of carbonyl (C=O) groups is 1. The van der Waals surface area contributed by atoms with Gasteiger partial charge in [-0.3, -0.25) is 9.59 Å². The summed E-state index contributed by atoms with van der Waals surface area (Å²) in [7, 11) is 3.44. The zero-order valence-corrected chi connectivity index (χ0v) is 13.6. The van der Waals surface area contributed by atoms with Gasteiger partial charge in [-0.25, -0.2) is 5.10 Å². The number of H-pyrrole nitrogens is 1. The Kier molecular flexibility index (Phi) is 4.16. The highest BCUT2D eigenvalue weighted by Crippen LogP contribution is 2.27. The second-order valence-corrected chi connectivity index (χ2v) is 6.26. The number of benzene rings is 2. The average molecular weight is 325 g/mol. The molecule has 0 aliphatic rings. The van der Waals surface area contributed by atoms with Gasteiger partial charge in [0.2, 0.25) is 0 Å². The molecule has 1 aromatic heterocycles. The monoisotopic (exact) mass is 325 g/mol. The molecule has 5 nitrogen and oxygen atoms in total. The molecule has 0 aliphatic carbocycles. The van der Waals surface area contributed by atoms with Crippen LogP contribution in [0.4, 0.5) is 4.79 Å². The number of fused-ring (bicyclic) bond motifs is 1. The molecule has 6 heteroatoms. The number of thioether (sulfide) groups is 1. The Labute approximate surface area is 137 Å². The summed E-state index contributed by atoms with van der Waals surface area (Å²) in [5, 5.41) is 8.10. The predicted molar refractivity (Wildman–Crippen MR) is 92.7 cm³/mol. The van der Waals surface area contributed by atoms with Crippen LogP contribution in [0.5, 0.6) is 0 Å². The molecule has 0 spiro atoms. The molecule has 23 heavy (non-hydrogen) atoms. The van der Waals surface area contributed by atoms with Crippen LogP contribution in [-0.2, 0) is 0 Å². The number of hydrogen-bond donors (Lipinski definition) is 1. The maximum Gasteiger partial charge on any atom is 0.285 e. The van der Waals surface area contributed by atoms with Crippen LogP contribution >= 0.6 is 11.8 Å². The topological polar surface area (TPSA) is 66.1 Å². The molecule has 1 amide bonds. The van der Waals surface area contributed by atoms with Gasteiger partial charge in [0.1, 0.15) is 0 Å². The zero-order valence-electron chi connectivity index (χ0n) is 12.7. The Morgan fingerprint density at radius 1 is 1.04 bits per heavy atom. The molecule has 0 aliphatic heterocycles. The molecule has 0 unspecified atom stereocenters.